The second-order valence-electron chi connectivity index (χ2n) is 9.86. The number of rotatable bonds is 10. The number of benzene rings is 4. The standard InChI is InChI=1S/C33H30O8S/c1-21(2)39-32-28-26(19-27(31(32)37-4)38-20-23-11-7-5-8-12-23)40-30(24-13-9-6-10-14-24)33(29(28)34)41-42(35,36)25-17-15-22(3)16-18-25/h5-19,21H,20H2,1-4H3. The van der Waals surface area contributed by atoms with E-state index in [9.17, 15) is 13.2 Å². The monoisotopic (exact) mass is 586 g/mol. The Balaban J connectivity index is 1.75. The van der Waals surface area contributed by atoms with Gasteiger partial charge in [0.2, 0.25) is 16.9 Å². The van der Waals surface area contributed by atoms with E-state index in [-0.39, 0.29) is 51.6 Å². The van der Waals surface area contributed by atoms with Crippen LogP contribution < -0.4 is 23.8 Å². The van der Waals surface area contributed by atoms with Crippen molar-refractivity contribution in [1.82, 2.24) is 0 Å². The van der Waals surface area contributed by atoms with Gasteiger partial charge in [0.05, 0.1) is 13.2 Å². The van der Waals surface area contributed by atoms with E-state index >= 15 is 0 Å². The topological polar surface area (TPSA) is 101 Å². The Morgan fingerprint density at radius 2 is 1.48 bits per heavy atom. The molecule has 5 aromatic rings. The highest BCUT2D eigenvalue weighted by Gasteiger charge is 2.29. The minimum absolute atomic E-state index is 0.0404. The molecular formula is C33H30O8S. The summed E-state index contributed by atoms with van der Waals surface area (Å²) in [4.78, 5) is 14.1. The minimum atomic E-state index is -4.41. The van der Waals surface area contributed by atoms with E-state index in [1.165, 1.54) is 25.3 Å². The summed E-state index contributed by atoms with van der Waals surface area (Å²) in [7, 11) is -2.97. The zero-order valence-electron chi connectivity index (χ0n) is 23.6. The molecule has 216 valence electrons. The van der Waals surface area contributed by atoms with Crippen molar-refractivity contribution in [3.63, 3.8) is 0 Å². The van der Waals surface area contributed by atoms with Gasteiger partial charge in [0.25, 0.3) is 0 Å². The van der Waals surface area contributed by atoms with Crippen LogP contribution in [0.3, 0.4) is 0 Å². The summed E-state index contributed by atoms with van der Waals surface area (Å²) >= 11 is 0. The largest absolute Gasteiger partial charge is 0.490 e. The van der Waals surface area contributed by atoms with Crippen LogP contribution in [0.5, 0.6) is 23.0 Å². The van der Waals surface area contributed by atoms with Gasteiger partial charge in [0.15, 0.2) is 17.3 Å². The quantitative estimate of drug-likeness (QED) is 0.163. The molecule has 0 amide bonds. The van der Waals surface area contributed by atoms with Gasteiger partial charge in [-0.05, 0) is 38.5 Å². The molecule has 42 heavy (non-hydrogen) atoms. The van der Waals surface area contributed by atoms with E-state index in [4.69, 9.17) is 22.8 Å². The van der Waals surface area contributed by atoms with Crippen molar-refractivity contribution in [2.24, 2.45) is 0 Å². The van der Waals surface area contributed by atoms with Gasteiger partial charge in [-0.3, -0.25) is 4.79 Å². The maximum absolute atomic E-state index is 14.2. The lowest BCUT2D eigenvalue weighted by Crippen LogP contribution is -2.18. The highest BCUT2D eigenvalue weighted by molar-refractivity contribution is 7.87. The van der Waals surface area contributed by atoms with Crippen molar-refractivity contribution in [3.05, 3.63) is 112 Å². The highest BCUT2D eigenvalue weighted by Crippen LogP contribution is 2.45. The second kappa shape index (κ2) is 12.0. The minimum Gasteiger partial charge on any atom is -0.490 e. The van der Waals surface area contributed by atoms with E-state index in [1.807, 2.05) is 37.3 Å². The first-order valence-corrected chi connectivity index (χ1v) is 14.7. The fourth-order valence-corrected chi connectivity index (χ4v) is 5.30. The number of hydrogen-bond donors (Lipinski definition) is 0. The molecule has 9 heteroatoms. The van der Waals surface area contributed by atoms with Crippen LogP contribution in [0.4, 0.5) is 0 Å². The number of aryl methyl sites for hydroxylation is 1. The lowest BCUT2D eigenvalue weighted by Gasteiger charge is -2.20. The zero-order valence-corrected chi connectivity index (χ0v) is 24.4. The molecule has 0 N–H and O–H groups in total. The second-order valence-corrected chi connectivity index (χ2v) is 11.4. The predicted octanol–water partition coefficient (Wildman–Crippen LogP) is 6.91. The van der Waals surface area contributed by atoms with Gasteiger partial charge in [0.1, 0.15) is 22.5 Å². The van der Waals surface area contributed by atoms with E-state index in [2.05, 4.69) is 0 Å². The SMILES string of the molecule is COc1c(OCc2ccccc2)cc2oc(-c3ccccc3)c(OS(=O)(=O)c3ccc(C)cc3)c(=O)c2c1OC(C)C. The maximum Gasteiger partial charge on any atom is 0.339 e. The first-order chi connectivity index (χ1) is 20.2. The summed E-state index contributed by atoms with van der Waals surface area (Å²) in [6.07, 6.45) is -0.375. The van der Waals surface area contributed by atoms with Crippen molar-refractivity contribution in [3.8, 4) is 34.3 Å². The average molecular weight is 587 g/mol. The summed E-state index contributed by atoms with van der Waals surface area (Å²) < 4.78 is 56.4. The van der Waals surface area contributed by atoms with Crippen LogP contribution in [0.25, 0.3) is 22.3 Å². The van der Waals surface area contributed by atoms with E-state index in [1.54, 1.807) is 56.3 Å². The van der Waals surface area contributed by atoms with Crippen molar-refractivity contribution in [2.45, 2.75) is 38.4 Å². The number of ether oxygens (including phenoxy) is 3. The fourth-order valence-electron chi connectivity index (χ4n) is 4.36. The molecule has 0 bridgehead atoms. The summed E-state index contributed by atoms with van der Waals surface area (Å²) in [5, 5.41) is -0.0404. The van der Waals surface area contributed by atoms with Gasteiger partial charge < -0.3 is 22.8 Å². The first-order valence-electron chi connectivity index (χ1n) is 13.3. The summed E-state index contributed by atoms with van der Waals surface area (Å²) in [6.45, 7) is 5.64. The van der Waals surface area contributed by atoms with Crippen molar-refractivity contribution in [1.29, 1.82) is 0 Å². The van der Waals surface area contributed by atoms with E-state index in [0.29, 0.717) is 5.56 Å². The van der Waals surface area contributed by atoms with Gasteiger partial charge in [-0.1, -0.05) is 78.4 Å². The third-order valence-corrected chi connectivity index (χ3v) is 7.59. The van der Waals surface area contributed by atoms with Crippen LogP contribution in [0.2, 0.25) is 0 Å². The average Bonchev–Trinajstić information content (AvgIpc) is 2.98. The predicted molar refractivity (Wildman–Crippen MR) is 160 cm³/mol. The molecular weight excluding hydrogens is 556 g/mol. The van der Waals surface area contributed by atoms with Crippen LogP contribution in [-0.4, -0.2) is 21.6 Å². The van der Waals surface area contributed by atoms with Gasteiger partial charge >= 0.3 is 10.1 Å². The van der Waals surface area contributed by atoms with Crippen molar-refractivity contribution >= 4 is 21.1 Å². The molecule has 0 unspecified atom stereocenters. The van der Waals surface area contributed by atoms with Crippen LogP contribution >= 0.6 is 0 Å². The smallest absolute Gasteiger partial charge is 0.339 e. The van der Waals surface area contributed by atoms with Crippen molar-refractivity contribution in [2.75, 3.05) is 7.11 Å². The maximum atomic E-state index is 14.2. The van der Waals surface area contributed by atoms with Gasteiger partial charge in [-0.2, -0.15) is 8.42 Å². The zero-order chi connectivity index (χ0) is 29.9. The molecule has 1 aromatic heterocycles. The molecule has 4 aromatic carbocycles. The molecule has 0 aliphatic heterocycles. The molecule has 0 saturated heterocycles. The van der Waals surface area contributed by atoms with Gasteiger partial charge in [0, 0.05) is 11.6 Å². The molecule has 5 rings (SSSR count). The van der Waals surface area contributed by atoms with Crippen LogP contribution in [0, 0.1) is 6.92 Å². The Labute approximate surface area is 244 Å². The number of methoxy groups -OCH3 is 1. The molecule has 0 aliphatic rings. The van der Waals surface area contributed by atoms with Gasteiger partial charge in [-0.15, -0.1) is 0 Å². The van der Waals surface area contributed by atoms with E-state index in [0.717, 1.165) is 11.1 Å². The first kappa shape index (κ1) is 28.8. The Morgan fingerprint density at radius 1 is 0.833 bits per heavy atom. The summed E-state index contributed by atoms with van der Waals surface area (Å²) in [5.74, 6) is -0.0489. The normalized spacial score (nSPS) is 11.5. The highest BCUT2D eigenvalue weighted by atomic mass is 32.2. The summed E-state index contributed by atoms with van der Waals surface area (Å²) in [5.41, 5.74) is 1.60. The Kier molecular flexibility index (Phi) is 8.22. The molecule has 0 saturated carbocycles. The Hall–Kier alpha value is -4.76. The Bertz CT molecular complexity index is 1860. The molecule has 0 atom stereocenters. The molecule has 0 aliphatic carbocycles. The lowest BCUT2D eigenvalue weighted by molar-refractivity contribution is 0.224. The molecule has 0 fully saturated rings. The van der Waals surface area contributed by atoms with E-state index < -0.39 is 21.3 Å². The Morgan fingerprint density at radius 3 is 2.10 bits per heavy atom. The molecule has 0 radical (unpaired) electrons. The van der Waals surface area contributed by atoms with Crippen LogP contribution in [0.15, 0.2) is 105 Å². The van der Waals surface area contributed by atoms with Crippen LogP contribution in [0.1, 0.15) is 25.0 Å². The number of fused-ring (bicyclic) bond motifs is 1. The lowest BCUT2D eigenvalue weighted by atomic mass is 10.1. The fraction of sp³-hybridized carbons (Fsp3) is 0.182. The number of hydrogen-bond acceptors (Lipinski definition) is 8. The third kappa shape index (κ3) is 5.96. The molecule has 8 nitrogen and oxygen atoms in total. The third-order valence-electron chi connectivity index (χ3n) is 6.35. The van der Waals surface area contributed by atoms with Crippen LogP contribution in [-0.2, 0) is 16.7 Å². The van der Waals surface area contributed by atoms with Gasteiger partial charge in [-0.25, -0.2) is 0 Å². The molecule has 1 heterocycles. The summed E-state index contributed by atoms with van der Waals surface area (Å²) in [6, 6.07) is 25.9. The molecule has 0 spiro atoms. The van der Waals surface area contributed by atoms with Crippen molar-refractivity contribution < 1.29 is 31.2 Å².